The highest BCUT2D eigenvalue weighted by molar-refractivity contribution is 5.92. The van der Waals surface area contributed by atoms with E-state index >= 15 is 0 Å². The van der Waals surface area contributed by atoms with Gasteiger partial charge in [-0.3, -0.25) is 4.79 Å². The lowest BCUT2D eigenvalue weighted by Crippen LogP contribution is -2.37. The molecule has 1 amide bonds. The Bertz CT molecular complexity index is 667. The van der Waals surface area contributed by atoms with E-state index in [1.807, 2.05) is 30.3 Å². The molecular formula is C17H20N4O3. The number of nitrogens with one attached hydrogen (secondary N) is 1. The largest absolute Gasteiger partial charge is 0.497 e. The van der Waals surface area contributed by atoms with Gasteiger partial charge < -0.3 is 19.7 Å². The number of hydrogen-bond donors (Lipinski definition) is 1. The number of rotatable bonds is 5. The first-order valence-electron chi connectivity index (χ1n) is 7.84. The molecule has 1 fully saturated rings. The Morgan fingerprint density at radius 1 is 1.17 bits per heavy atom. The first-order chi connectivity index (χ1) is 11.8. The summed E-state index contributed by atoms with van der Waals surface area (Å²) in [6, 6.07) is 11.1. The predicted molar refractivity (Wildman–Crippen MR) is 89.2 cm³/mol. The van der Waals surface area contributed by atoms with Crippen LogP contribution in [0.1, 0.15) is 16.1 Å². The van der Waals surface area contributed by atoms with Gasteiger partial charge in [0.05, 0.1) is 20.3 Å². The molecule has 24 heavy (non-hydrogen) atoms. The molecule has 7 nitrogen and oxygen atoms in total. The van der Waals surface area contributed by atoms with E-state index in [0.29, 0.717) is 25.5 Å². The molecule has 0 unspecified atom stereocenters. The number of morpholine rings is 1. The van der Waals surface area contributed by atoms with Crippen LogP contribution in [0, 0.1) is 0 Å². The molecule has 0 saturated carbocycles. The third-order valence-corrected chi connectivity index (χ3v) is 3.83. The number of aromatic nitrogens is 2. The van der Waals surface area contributed by atoms with Gasteiger partial charge in [0.25, 0.3) is 5.91 Å². The molecule has 1 aromatic heterocycles. The normalized spacial score (nSPS) is 14.3. The Morgan fingerprint density at radius 2 is 1.92 bits per heavy atom. The van der Waals surface area contributed by atoms with E-state index in [0.717, 1.165) is 30.2 Å². The third-order valence-electron chi connectivity index (χ3n) is 3.83. The number of ether oxygens (including phenoxy) is 2. The van der Waals surface area contributed by atoms with Crippen molar-refractivity contribution >= 4 is 11.7 Å². The Balaban J connectivity index is 1.56. The van der Waals surface area contributed by atoms with Gasteiger partial charge in [0.2, 0.25) is 0 Å². The van der Waals surface area contributed by atoms with Crippen LogP contribution < -0.4 is 15.0 Å². The smallest absolute Gasteiger partial charge is 0.272 e. The number of hydrogen-bond acceptors (Lipinski definition) is 6. The maximum atomic E-state index is 12.2. The zero-order valence-corrected chi connectivity index (χ0v) is 13.6. The molecule has 1 saturated heterocycles. The fraction of sp³-hybridized carbons (Fsp3) is 0.353. The lowest BCUT2D eigenvalue weighted by molar-refractivity contribution is 0.0944. The Hall–Kier alpha value is -2.67. The number of nitrogens with zero attached hydrogens (tertiary/aromatic N) is 3. The van der Waals surface area contributed by atoms with Crippen molar-refractivity contribution in [3.63, 3.8) is 0 Å². The fourth-order valence-electron chi connectivity index (χ4n) is 2.42. The Labute approximate surface area is 140 Å². The number of methoxy groups -OCH3 is 1. The second-order valence-electron chi connectivity index (χ2n) is 5.41. The molecule has 2 aromatic rings. The molecule has 7 heteroatoms. The second-order valence-corrected chi connectivity index (χ2v) is 5.41. The van der Waals surface area contributed by atoms with Gasteiger partial charge in [-0.05, 0) is 29.8 Å². The van der Waals surface area contributed by atoms with Crippen molar-refractivity contribution in [3.8, 4) is 5.75 Å². The van der Waals surface area contributed by atoms with Crippen LogP contribution in [0.3, 0.4) is 0 Å². The van der Waals surface area contributed by atoms with Crippen LogP contribution in [0.15, 0.2) is 36.4 Å². The second kappa shape index (κ2) is 7.74. The van der Waals surface area contributed by atoms with E-state index < -0.39 is 0 Å². The number of carbonyl (C=O) groups excluding carboxylic acids is 1. The summed E-state index contributed by atoms with van der Waals surface area (Å²) < 4.78 is 10.4. The minimum atomic E-state index is -0.244. The van der Waals surface area contributed by atoms with Gasteiger partial charge in [0.15, 0.2) is 11.5 Å². The monoisotopic (exact) mass is 328 g/mol. The molecular weight excluding hydrogens is 308 g/mol. The van der Waals surface area contributed by atoms with Gasteiger partial charge in [-0.1, -0.05) is 12.1 Å². The summed E-state index contributed by atoms with van der Waals surface area (Å²) in [5, 5.41) is 11.0. The zero-order chi connectivity index (χ0) is 16.8. The van der Waals surface area contributed by atoms with Crippen LogP contribution in [-0.2, 0) is 11.3 Å². The minimum Gasteiger partial charge on any atom is -0.497 e. The number of carbonyl (C=O) groups is 1. The molecule has 0 atom stereocenters. The van der Waals surface area contributed by atoms with Gasteiger partial charge in [-0.15, -0.1) is 10.2 Å². The van der Waals surface area contributed by atoms with Crippen LogP contribution in [0.5, 0.6) is 5.75 Å². The van der Waals surface area contributed by atoms with Crippen molar-refractivity contribution < 1.29 is 14.3 Å². The highest BCUT2D eigenvalue weighted by Crippen LogP contribution is 2.12. The van der Waals surface area contributed by atoms with Gasteiger partial charge in [-0.2, -0.15) is 0 Å². The summed E-state index contributed by atoms with van der Waals surface area (Å²) in [7, 11) is 1.62. The first kappa shape index (κ1) is 16.2. The maximum Gasteiger partial charge on any atom is 0.272 e. The van der Waals surface area contributed by atoms with E-state index in [-0.39, 0.29) is 5.91 Å². The molecule has 0 radical (unpaired) electrons. The number of amides is 1. The molecule has 2 heterocycles. The molecule has 126 valence electrons. The lowest BCUT2D eigenvalue weighted by atomic mass is 10.2. The number of benzene rings is 1. The molecule has 0 spiro atoms. The van der Waals surface area contributed by atoms with E-state index in [4.69, 9.17) is 9.47 Å². The van der Waals surface area contributed by atoms with Gasteiger partial charge >= 0.3 is 0 Å². The molecule has 1 N–H and O–H groups in total. The van der Waals surface area contributed by atoms with Crippen molar-refractivity contribution in [2.75, 3.05) is 38.3 Å². The average Bonchev–Trinajstić information content (AvgIpc) is 2.67. The molecule has 1 aliphatic heterocycles. The quantitative estimate of drug-likeness (QED) is 0.890. The standard InChI is InChI=1S/C17H20N4O3/c1-23-14-4-2-13(3-5-14)12-18-17(22)15-6-7-16(20-19-15)21-8-10-24-11-9-21/h2-7H,8-12H2,1H3,(H,18,22). The lowest BCUT2D eigenvalue weighted by Gasteiger charge is -2.27. The van der Waals surface area contributed by atoms with E-state index in [9.17, 15) is 4.79 Å². The highest BCUT2D eigenvalue weighted by Gasteiger charge is 2.14. The zero-order valence-electron chi connectivity index (χ0n) is 13.6. The summed E-state index contributed by atoms with van der Waals surface area (Å²) in [6.07, 6.45) is 0. The molecule has 0 bridgehead atoms. The average molecular weight is 328 g/mol. The van der Waals surface area contributed by atoms with Crippen LogP contribution in [0.2, 0.25) is 0 Å². The molecule has 0 aliphatic carbocycles. The van der Waals surface area contributed by atoms with E-state index in [1.165, 1.54) is 0 Å². The fourth-order valence-corrected chi connectivity index (χ4v) is 2.42. The van der Waals surface area contributed by atoms with Crippen LogP contribution in [-0.4, -0.2) is 49.5 Å². The summed E-state index contributed by atoms with van der Waals surface area (Å²) in [5.41, 5.74) is 1.29. The summed E-state index contributed by atoms with van der Waals surface area (Å²) in [5.74, 6) is 1.31. The van der Waals surface area contributed by atoms with Crippen LogP contribution >= 0.6 is 0 Å². The Morgan fingerprint density at radius 3 is 2.54 bits per heavy atom. The predicted octanol–water partition coefficient (Wildman–Crippen LogP) is 1.25. The minimum absolute atomic E-state index is 0.244. The van der Waals surface area contributed by atoms with Gasteiger partial charge in [0, 0.05) is 19.6 Å². The maximum absolute atomic E-state index is 12.2. The highest BCUT2D eigenvalue weighted by atomic mass is 16.5. The van der Waals surface area contributed by atoms with Crippen LogP contribution in [0.4, 0.5) is 5.82 Å². The number of anilines is 1. The summed E-state index contributed by atoms with van der Waals surface area (Å²) >= 11 is 0. The third kappa shape index (κ3) is 3.99. The SMILES string of the molecule is COc1ccc(CNC(=O)c2ccc(N3CCOCC3)nn2)cc1. The Kier molecular flexibility index (Phi) is 5.22. The topological polar surface area (TPSA) is 76.6 Å². The van der Waals surface area contributed by atoms with Crippen LogP contribution in [0.25, 0.3) is 0 Å². The van der Waals surface area contributed by atoms with E-state index in [2.05, 4.69) is 20.4 Å². The summed E-state index contributed by atoms with van der Waals surface area (Å²) in [6.45, 7) is 3.38. The van der Waals surface area contributed by atoms with Gasteiger partial charge in [-0.25, -0.2) is 0 Å². The first-order valence-corrected chi connectivity index (χ1v) is 7.84. The van der Waals surface area contributed by atoms with Gasteiger partial charge in [0.1, 0.15) is 5.75 Å². The van der Waals surface area contributed by atoms with Crippen molar-refractivity contribution in [1.29, 1.82) is 0 Å². The van der Waals surface area contributed by atoms with E-state index in [1.54, 1.807) is 13.2 Å². The van der Waals surface area contributed by atoms with Crippen molar-refractivity contribution in [2.24, 2.45) is 0 Å². The summed E-state index contributed by atoms with van der Waals surface area (Å²) in [4.78, 5) is 14.2. The molecule has 1 aromatic carbocycles. The van der Waals surface area contributed by atoms with Crippen molar-refractivity contribution in [3.05, 3.63) is 47.7 Å². The molecule has 3 rings (SSSR count). The molecule has 1 aliphatic rings. The van der Waals surface area contributed by atoms with Crippen molar-refractivity contribution in [2.45, 2.75) is 6.54 Å². The van der Waals surface area contributed by atoms with Crippen molar-refractivity contribution in [1.82, 2.24) is 15.5 Å².